The zero-order chi connectivity index (χ0) is 14.2. The number of carbonyl (C=O) groups excluding carboxylic acids is 1. The summed E-state index contributed by atoms with van der Waals surface area (Å²) in [5, 5.41) is 1.16. The van der Waals surface area contributed by atoms with Gasteiger partial charge in [-0.05, 0) is 6.08 Å². The summed E-state index contributed by atoms with van der Waals surface area (Å²) in [7, 11) is -1.96. The van der Waals surface area contributed by atoms with Crippen LogP contribution in [-0.4, -0.2) is 36.8 Å². The molecule has 2 N–H and O–H groups in total. The second-order valence-corrected chi connectivity index (χ2v) is 6.13. The lowest BCUT2D eigenvalue weighted by Gasteiger charge is -2.14. The van der Waals surface area contributed by atoms with Gasteiger partial charge in [0.15, 0.2) is 15.5 Å². The number of sulfone groups is 1. The van der Waals surface area contributed by atoms with E-state index in [0.29, 0.717) is 12.2 Å². The van der Waals surface area contributed by atoms with Crippen molar-refractivity contribution in [2.24, 2.45) is 0 Å². The van der Waals surface area contributed by atoms with Crippen molar-refractivity contribution in [2.45, 2.75) is 19.4 Å². The first-order valence-corrected chi connectivity index (χ1v) is 7.47. The quantitative estimate of drug-likeness (QED) is 0.801. The first-order valence-electron chi connectivity index (χ1n) is 5.75. The summed E-state index contributed by atoms with van der Waals surface area (Å²) in [5.41, 5.74) is 5.92. The van der Waals surface area contributed by atoms with E-state index in [9.17, 15) is 13.2 Å². The predicted molar refractivity (Wildman–Crippen MR) is 69.3 cm³/mol. The maximum absolute atomic E-state index is 11.5. The van der Waals surface area contributed by atoms with Crippen LogP contribution in [-0.2, 0) is 21.0 Å². The summed E-state index contributed by atoms with van der Waals surface area (Å²) < 4.78 is 29.1. The molecule has 7 nitrogen and oxygen atoms in total. The van der Waals surface area contributed by atoms with Gasteiger partial charge in [-0.2, -0.15) is 0 Å². The minimum atomic E-state index is -3.20. The highest BCUT2D eigenvalue weighted by Crippen LogP contribution is 2.27. The number of ether oxygens (including phenoxy) is 1. The number of carbonyl (C=O) groups is 1. The highest BCUT2D eigenvalue weighted by molar-refractivity contribution is 7.94. The molecule has 0 spiro atoms. The van der Waals surface area contributed by atoms with Gasteiger partial charge < -0.3 is 15.0 Å². The van der Waals surface area contributed by atoms with E-state index in [-0.39, 0.29) is 17.3 Å². The third-order valence-electron chi connectivity index (χ3n) is 2.96. The Labute approximate surface area is 111 Å². The van der Waals surface area contributed by atoms with Gasteiger partial charge in [-0.3, -0.25) is 0 Å². The number of allylic oxidation sites excluding steroid dienone is 1. The molecule has 0 saturated carbocycles. The molecule has 1 aromatic rings. The molecule has 0 amide bonds. The van der Waals surface area contributed by atoms with Gasteiger partial charge >= 0.3 is 5.97 Å². The molecule has 0 fully saturated rings. The zero-order valence-corrected chi connectivity index (χ0v) is 11.5. The van der Waals surface area contributed by atoms with Crippen LogP contribution in [0.2, 0.25) is 0 Å². The molecule has 0 radical (unpaired) electrons. The Bertz CT molecular complexity index is 645. The lowest BCUT2D eigenvalue weighted by atomic mass is 10.3. The summed E-state index contributed by atoms with van der Waals surface area (Å²) in [4.78, 5) is 15.7. The molecule has 0 aliphatic carbocycles. The molecule has 0 saturated heterocycles. The van der Waals surface area contributed by atoms with Crippen molar-refractivity contribution in [1.82, 2.24) is 9.55 Å². The normalized spacial score (nSPS) is 20.6. The maximum Gasteiger partial charge on any atom is 0.360 e. The van der Waals surface area contributed by atoms with Crippen LogP contribution in [0.1, 0.15) is 29.3 Å². The lowest BCUT2D eigenvalue weighted by molar-refractivity contribution is 0.0595. The fraction of sp³-hybridized carbons (Fsp3) is 0.455. The van der Waals surface area contributed by atoms with Gasteiger partial charge in [-0.15, -0.1) is 0 Å². The predicted octanol–water partition coefficient (Wildman–Crippen LogP) is 0.298. The summed E-state index contributed by atoms with van der Waals surface area (Å²) >= 11 is 0. The van der Waals surface area contributed by atoms with Gasteiger partial charge in [0, 0.05) is 11.8 Å². The molecule has 104 valence electrons. The van der Waals surface area contributed by atoms with E-state index >= 15 is 0 Å². The SMILES string of the molecule is CCc1nc(C(=O)OC)c(N)n1C1C=CS(=O)(=O)C1. The molecule has 0 aromatic carbocycles. The number of anilines is 1. The smallest absolute Gasteiger partial charge is 0.360 e. The topological polar surface area (TPSA) is 104 Å². The van der Waals surface area contributed by atoms with Crippen LogP contribution in [0, 0.1) is 0 Å². The zero-order valence-electron chi connectivity index (χ0n) is 10.7. The minimum absolute atomic E-state index is 0.0250. The summed E-state index contributed by atoms with van der Waals surface area (Å²) in [6.45, 7) is 1.85. The number of aromatic nitrogens is 2. The van der Waals surface area contributed by atoms with E-state index in [1.165, 1.54) is 7.11 Å². The highest BCUT2D eigenvalue weighted by atomic mass is 32.2. The first-order chi connectivity index (χ1) is 8.89. The number of rotatable bonds is 3. The summed E-state index contributed by atoms with van der Waals surface area (Å²) in [6.07, 6.45) is 2.08. The highest BCUT2D eigenvalue weighted by Gasteiger charge is 2.29. The Morgan fingerprint density at radius 3 is 2.79 bits per heavy atom. The van der Waals surface area contributed by atoms with Crippen LogP contribution in [0.25, 0.3) is 0 Å². The molecule has 2 rings (SSSR count). The van der Waals surface area contributed by atoms with E-state index in [0.717, 1.165) is 5.41 Å². The number of nitrogens with zero attached hydrogens (tertiary/aromatic N) is 2. The number of hydrogen-bond acceptors (Lipinski definition) is 6. The fourth-order valence-electron chi connectivity index (χ4n) is 2.08. The van der Waals surface area contributed by atoms with Crippen molar-refractivity contribution < 1.29 is 17.9 Å². The number of hydrogen-bond donors (Lipinski definition) is 1. The van der Waals surface area contributed by atoms with Crippen LogP contribution >= 0.6 is 0 Å². The van der Waals surface area contributed by atoms with Crippen molar-refractivity contribution in [3.63, 3.8) is 0 Å². The van der Waals surface area contributed by atoms with Gasteiger partial charge in [0.05, 0.1) is 18.9 Å². The Morgan fingerprint density at radius 1 is 1.63 bits per heavy atom. The van der Waals surface area contributed by atoms with Crippen molar-refractivity contribution >= 4 is 21.6 Å². The van der Waals surface area contributed by atoms with Crippen molar-refractivity contribution in [3.05, 3.63) is 23.0 Å². The second kappa shape index (κ2) is 4.69. The monoisotopic (exact) mass is 285 g/mol. The van der Waals surface area contributed by atoms with Crippen LogP contribution in [0.3, 0.4) is 0 Å². The fourth-order valence-corrected chi connectivity index (χ4v) is 3.35. The molecule has 1 aliphatic heterocycles. The maximum atomic E-state index is 11.5. The Kier molecular flexibility index (Phi) is 3.36. The number of nitrogen functional groups attached to an aromatic ring is 1. The number of esters is 1. The van der Waals surface area contributed by atoms with E-state index in [4.69, 9.17) is 5.73 Å². The van der Waals surface area contributed by atoms with Crippen LogP contribution in [0.15, 0.2) is 11.5 Å². The Balaban J connectivity index is 2.49. The summed E-state index contributed by atoms with van der Waals surface area (Å²) in [5.74, 6) is -0.00265. The van der Waals surface area contributed by atoms with Crippen LogP contribution in [0.5, 0.6) is 0 Å². The average molecular weight is 285 g/mol. The number of aryl methyl sites for hydroxylation is 1. The molecule has 1 aliphatic rings. The van der Waals surface area contributed by atoms with Crippen molar-refractivity contribution in [2.75, 3.05) is 18.6 Å². The van der Waals surface area contributed by atoms with E-state index < -0.39 is 21.8 Å². The number of methoxy groups -OCH3 is 1. The van der Waals surface area contributed by atoms with Gasteiger partial charge in [0.25, 0.3) is 0 Å². The minimum Gasteiger partial charge on any atom is -0.464 e. The standard InChI is InChI=1S/C11H15N3O4S/c1-3-8-13-9(11(15)18-2)10(12)14(8)7-4-5-19(16,17)6-7/h4-5,7H,3,6,12H2,1-2H3. The molecule has 2 heterocycles. The molecule has 8 heteroatoms. The van der Waals surface area contributed by atoms with Crippen LogP contribution < -0.4 is 5.73 Å². The largest absolute Gasteiger partial charge is 0.464 e. The molecule has 1 aromatic heterocycles. The number of imidazole rings is 1. The molecule has 0 bridgehead atoms. The molecular formula is C11H15N3O4S. The third-order valence-corrected chi connectivity index (χ3v) is 4.34. The third kappa shape index (κ3) is 2.35. The van der Waals surface area contributed by atoms with E-state index in [1.54, 1.807) is 10.6 Å². The summed E-state index contributed by atoms with van der Waals surface area (Å²) in [6, 6.07) is -0.425. The number of nitrogens with two attached hydrogens (primary N) is 1. The molecule has 19 heavy (non-hydrogen) atoms. The second-order valence-electron chi connectivity index (χ2n) is 4.20. The van der Waals surface area contributed by atoms with E-state index in [2.05, 4.69) is 9.72 Å². The molecule has 1 atom stereocenters. The van der Waals surface area contributed by atoms with Crippen LogP contribution in [0.4, 0.5) is 5.82 Å². The first kappa shape index (κ1) is 13.6. The Hall–Kier alpha value is -1.83. The molecule has 1 unspecified atom stereocenters. The van der Waals surface area contributed by atoms with Gasteiger partial charge in [-0.1, -0.05) is 6.92 Å². The lowest BCUT2D eigenvalue weighted by Crippen LogP contribution is -2.17. The Morgan fingerprint density at radius 2 is 2.32 bits per heavy atom. The molecular weight excluding hydrogens is 270 g/mol. The van der Waals surface area contributed by atoms with Crippen molar-refractivity contribution in [3.8, 4) is 0 Å². The van der Waals surface area contributed by atoms with Gasteiger partial charge in [-0.25, -0.2) is 18.2 Å². The average Bonchev–Trinajstić information content (AvgIpc) is 2.88. The van der Waals surface area contributed by atoms with E-state index in [1.807, 2.05) is 6.92 Å². The van der Waals surface area contributed by atoms with Gasteiger partial charge in [0.2, 0.25) is 0 Å². The van der Waals surface area contributed by atoms with Crippen molar-refractivity contribution in [1.29, 1.82) is 0 Å². The van der Waals surface area contributed by atoms with Gasteiger partial charge in [0.1, 0.15) is 11.6 Å².